The molecule has 3 heterocycles. The lowest BCUT2D eigenvalue weighted by Crippen LogP contribution is -2.37. The highest BCUT2D eigenvalue weighted by Crippen LogP contribution is 2.27. The van der Waals surface area contributed by atoms with Gasteiger partial charge in [0, 0.05) is 40.7 Å². The number of H-pyrrole nitrogens is 2. The Balaban J connectivity index is 1.12. The number of piperidine rings is 1. The van der Waals surface area contributed by atoms with E-state index in [4.69, 9.17) is 4.74 Å². The summed E-state index contributed by atoms with van der Waals surface area (Å²) in [6.07, 6.45) is 7.37. The van der Waals surface area contributed by atoms with Gasteiger partial charge in [-0.25, -0.2) is 4.39 Å². The molecular weight excluding hydrogens is 365 g/mol. The molecule has 0 saturated carbocycles. The van der Waals surface area contributed by atoms with Crippen molar-refractivity contribution < 1.29 is 9.13 Å². The molecule has 0 spiro atoms. The second-order valence-corrected chi connectivity index (χ2v) is 8.04. The Morgan fingerprint density at radius 2 is 1.86 bits per heavy atom. The number of halogens is 1. The van der Waals surface area contributed by atoms with Gasteiger partial charge in [-0.2, -0.15) is 0 Å². The van der Waals surface area contributed by atoms with Gasteiger partial charge < -0.3 is 14.7 Å². The monoisotopic (exact) mass is 391 g/mol. The van der Waals surface area contributed by atoms with Crippen LogP contribution in [0.15, 0.2) is 54.9 Å². The summed E-state index contributed by atoms with van der Waals surface area (Å²) in [5, 5.41) is 2.17. The highest BCUT2D eigenvalue weighted by Gasteiger charge is 2.20. The molecule has 5 heteroatoms. The maximum Gasteiger partial charge on any atom is 0.128 e. The molecule has 2 aromatic heterocycles. The number of ether oxygens (including phenoxy) is 1. The molecule has 1 aliphatic rings. The lowest BCUT2D eigenvalue weighted by Gasteiger charge is -2.31. The fraction of sp³-hybridized carbons (Fsp3) is 0.333. The summed E-state index contributed by atoms with van der Waals surface area (Å²) in [5.74, 6) is 1.44. The third kappa shape index (κ3) is 3.87. The second-order valence-electron chi connectivity index (χ2n) is 8.04. The third-order valence-corrected chi connectivity index (χ3v) is 6.17. The lowest BCUT2D eigenvalue weighted by atomic mass is 9.90. The van der Waals surface area contributed by atoms with E-state index in [-0.39, 0.29) is 5.82 Å². The summed E-state index contributed by atoms with van der Waals surface area (Å²) >= 11 is 0. The minimum Gasteiger partial charge on any atom is -0.492 e. The van der Waals surface area contributed by atoms with Crippen LogP contribution >= 0.6 is 0 Å². The normalized spacial score (nSPS) is 16.0. The molecule has 4 nitrogen and oxygen atoms in total. The van der Waals surface area contributed by atoms with Crippen LogP contribution in [-0.4, -0.2) is 41.1 Å². The Hall–Kier alpha value is -2.79. The van der Waals surface area contributed by atoms with Crippen LogP contribution in [-0.2, 0) is 6.42 Å². The van der Waals surface area contributed by atoms with Gasteiger partial charge in [-0.05, 0) is 80.2 Å². The van der Waals surface area contributed by atoms with E-state index in [0.717, 1.165) is 53.6 Å². The Kier molecular flexibility index (Phi) is 4.98. The number of benzene rings is 2. The summed E-state index contributed by atoms with van der Waals surface area (Å²) in [6, 6.07) is 13.2. The van der Waals surface area contributed by atoms with Gasteiger partial charge in [-0.1, -0.05) is 6.07 Å². The number of nitrogens with one attached hydrogen (secondary N) is 2. The molecule has 2 N–H and O–H groups in total. The van der Waals surface area contributed by atoms with Gasteiger partial charge in [0.05, 0.1) is 0 Å². The van der Waals surface area contributed by atoms with Crippen LogP contribution in [0.3, 0.4) is 0 Å². The molecule has 0 amide bonds. The predicted octanol–water partition coefficient (Wildman–Crippen LogP) is 5.12. The van der Waals surface area contributed by atoms with Crippen molar-refractivity contribution in [2.45, 2.75) is 19.3 Å². The third-order valence-electron chi connectivity index (χ3n) is 6.17. The van der Waals surface area contributed by atoms with Gasteiger partial charge in [0.2, 0.25) is 0 Å². The smallest absolute Gasteiger partial charge is 0.128 e. The summed E-state index contributed by atoms with van der Waals surface area (Å²) in [5.41, 5.74) is 3.37. The van der Waals surface area contributed by atoms with E-state index < -0.39 is 0 Å². The van der Waals surface area contributed by atoms with Crippen LogP contribution in [0, 0.1) is 11.7 Å². The number of likely N-dealkylation sites (tertiary alicyclic amines) is 1. The van der Waals surface area contributed by atoms with Gasteiger partial charge in [-0.15, -0.1) is 0 Å². The van der Waals surface area contributed by atoms with Crippen LogP contribution in [0.5, 0.6) is 5.75 Å². The molecule has 4 aromatic rings. The molecular formula is C24H26FN3O. The summed E-state index contributed by atoms with van der Waals surface area (Å²) in [6.45, 7) is 3.85. The average molecular weight is 391 g/mol. The highest BCUT2D eigenvalue weighted by atomic mass is 19.1. The number of aromatic amines is 2. The lowest BCUT2D eigenvalue weighted by molar-refractivity contribution is 0.155. The number of aromatic nitrogens is 2. The average Bonchev–Trinajstić information content (AvgIpc) is 3.37. The zero-order chi connectivity index (χ0) is 19.6. The minimum absolute atomic E-state index is 0.163. The van der Waals surface area contributed by atoms with Crippen LogP contribution < -0.4 is 4.74 Å². The van der Waals surface area contributed by atoms with Crippen LogP contribution in [0.25, 0.3) is 21.8 Å². The quantitative estimate of drug-likeness (QED) is 0.479. The maximum absolute atomic E-state index is 13.6. The van der Waals surface area contributed by atoms with Crippen LogP contribution in [0.4, 0.5) is 4.39 Å². The largest absolute Gasteiger partial charge is 0.492 e. The fourth-order valence-corrected chi connectivity index (χ4v) is 4.51. The zero-order valence-corrected chi connectivity index (χ0v) is 16.5. The molecule has 5 rings (SSSR count). The van der Waals surface area contributed by atoms with Gasteiger partial charge in [-0.3, -0.25) is 4.90 Å². The Labute approximate surface area is 169 Å². The maximum atomic E-state index is 13.6. The molecule has 0 aliphatic carbocycles. The predicted molar refractivity (Wildman–Crippen MR) is 115 cm³/mol. The molecule has 1 aliphatic heterocycles. The topological polar surface area (TPSA) is 44.0 Å². The Morgan fingerprint density at radius 1 is 1.00 bits per heavy atom. The van der Waals surface area contributed by atoms with E-state index in [0.29, 0.717) is 12.5 Å². The summed E-state index contributed by atoms with van der Waals surface area (Å²) in [4.78, 5) is 8.98. The first kappa shape index (κ1) is 18.3. The molecule has 0 atom stereocenters. The van der Waals surface area contributed by atoms with Crippen molar-refractivity contribution in [1.29, 1.82) is 0 Å². The van der Waals surface area contributed by atoms with E-state index in [1.54, 1.807) is 6.07 Å². The molecule has 0 radical (unpaired) electrons. The first-order valence-corrected chi connectivity index (χ1v) is 10.4. The van der Waals surface area contributed by atoms with E-state index in [1.807, 2.05) is 30.6 Å². The van der Waals surface area contributed by atoms with E-state index >= 15 is 0 Å². The SMILES string of the molecule is Fc1ccc2[nH]cc(CC3CCN(CCOc4cccc5[nH]ccc45)CC3)c2c1. The standard InChI is InChI=1S/C24H26FN3O/c25-19-4-5-23-21(15-19)18(16-27-23)14-17-7-10-28(11-8-17)12-13-29-24-3-1-2-22-20(24)6-9-26-22/h1-6,9,15-17,26-27H,7-8,10-14H2. The fourth-order valence-electron chi connectivity index (χ4n) is 4.51. The van der Waals surface area contributed by atoms with Crippen molar-refractivity contribution in [3.8, 4) is 5.75 Å². The van der Waals surface area contributed by atoms with Crippen molar-refractivity contribution >= 4 is 21.8 Å². The molecule has 150 valence electrons. The number of nitrogens with zero attached hydrogens (tertiary/aromatic N) is 1. The van der Waals surface area contributed by atoms with Crippen molar-refractivity contribution in [2.24, 2.45) is 5.92 Å². The first-order valence-electron chi connectivity index (χ1n) is 10.4. The Bertz CT molecular complexity index is 1110. The first-order chi connectivity index (χ1) is 14.3. The van der Waals surface area contributed by atoms with Gasteiger partial charge in [0.25, 0.3) is 0 Å². The molecule has 0 bridgehead atoms. The number of hydrogen-bond donors (Lipinski definition) is 2. The molecule has 1 saturated heterocycles. The van der Waals surface area contributed by atoms with Gasteiger partial charge in [0.1, 0.15) is 18.2 Å². The van der Waals surface area contributed by atoms with E-state index in [9.17, 15) is 4.39 Å². The number of hydrogen-bond acceptors (Lipinski definition) is 2. The van der Waals surface area contributed by atoms with Crippen LogP contribution in [0.1, 0.15) is 18.4 Å². The minimum atomic E-state index is -0.163. The summed E-state index contributed by atoms with van der Waals surface area (Å²) < 4.78 is 19.6. The summed E-state index contributed by atoms with van der Waals surface area (Å²) in [7, 11) is 0. The number of fused-ring (bicyclic) bond motifs is 2. The van der Waals surface area contributed by atoms with Crippen LogP contribution in [0.2, 0.25) is 0 Å². The van der Waals surface area contributed by atoms with Crippen molar-refractivity contribution in [2.75, 3.05) is 26.2 Å². The molecule has 2 aromatic carbocycles. The molecule has 0 unspecified atom stereocenters. The highest BCUT2D eigenvalue weighted by molar-refractivity contribution is 5.85. The second kappa shape index (κ2) is 7.91. The van der Waals surface area contributed by atoms with Crippen molar-refractivity contribution in [3.63, 3.8) is 0 Å². The zero-order valence-electron chi connectivity index (χ0n) is 16.5. The van der Waals surface area contributed by atoms with Gasteiger partial charge in [0.15, 0.2) is 0 Å². The van der Waals surface area contributed by atoms with Crippen molar-refractivity contribution in [1.82, 2.24) is 14.9 Å². The van der Waals surface area contributed by atoms with E-state index in [2.05, 4.69) is 27.0 Å². The molecule has 1 fully saturated rings. The Morgan fingerprint density at radius 3 is 2.76 bits per heavy atom. The van der Waals surface area contributed by atoms with Gasteiger partial charge >= 0.3 is 0 Å². The van der Waals surface area contributed by atoms with E-state index in [1.165, 1.54) is 24.5 Å². The molecule has 29 heavy (non-hydrogen) atoms. The van der Waals surface area contributed by atoms with Crippen molar-refractivity contribution in [3.05, 3.63) is 66.2 Å². The number of rotatable bonds is 6.